The van der Waals surface area contributed by atoms with E-state index in [0.29, 0.717) is 18.1 Å². The molecule has 0 aromatic carbocycles. The zero-order valence-electron chi connectivity index (χ0n) is 11.2. The van der Waals surface area contributed by atoms with E-state index < -0.39 is 0 Å². The molecule has 1 aromatic heterocycles. The highest BCUT2D eigenvalue weighted by atomic mass is 16.1. The lowest BCUT2D eigenvalue weighted by Gasteiger charge is -2.06. The fraction of sp³-hybridized carbons (Fsp3) is 0.615. The number of rotatable bonds is 8. The quantitative estimate of drug-likeness (QED) is 0.694. The summed E-state index contributed by atoms with van der Waals surface area (Å²) in [6.07, 6.45) is 7.68. The van der Waals surface area contributed by atoms with E-state index in [-0.39, 0.29) is 5.91 Å². The molecule has 1 aromatic rings. The van der Waals surface area contributed by atoms with Crippen LogP contribution in [-0.2, 0) is 0 Å². The molecular formula is C13H22N4O. The van der Waals surface area contributed by atoms with Crippen molar-refractivity contribution < 1.29 is 4.79 Å². The van der Waals surface area contributed by atoms with Gasteiger partial charge in [0, 0.05) is 13.1 Å². The second-order valence-corrected chi connectivity index (χ2v) is 4.14. The average Bonchev–Trinajstić information content (AvgIpc) is 2.39. The van der Waals surface area contributed by atoms with Gasteiger partial charge in [-0.1, -0.05) is 26.2 Å². The zero-order valence-corrected chi connectivity index (χ0v) is 11.2. The van der Waals surface area contributed by atoms with Crippen LogP contribution in [0.5, 0.6) is 0 Å². The molecule has 0 saturated carbocycles. The van der Waals surface area contributed by atoms with Gasteiger partial charge in [-0.05, 0) is 13.3 Å². The number of nitrogens with one attached hydrogen (secondary N) is 2. The molecule has 0 spiro atoms. The number of anilines is 1. The van der Waals surface area contributed by atoms with Crippen molar-refractivity contribution in [2.24, 2.45) is 0 Å². The van der Waals surface area contributed by atoms with Crippen molar-refractivity contribution in [3.8, 4) is 0 Å². The SMILES string of the molecule is CCCCCCNC(=O)c1cncc(NCC)n1. The maximum atomic E-state index is 11.8. The highest BCUT2D eigenvalue weighted by molar-refractivity contribution is 5.92. The van der Waals surface area contributed by atoms with Crippen molar-refractivity contribution in [3.05, 3.63) is 18.1 Å². The van der Waals surface area contributed by atoms with Gasteiger partial charge in [0.2, 0.25) is 0 Å². The van der Waals surface area contributed by atoms with Crippen LogP contribution < -0.4 is 10.6 Å². The summed E-state index contributed by atoms with van der Waals surface area (Å²) in [5.41, 5.74) is 0.365. The highest BCUT2D eigenvalue weighted by Gasteiger charge is 2.07. The summed E-state index contributed by atoms with van der Waals surface area (Å²) in [6, 6.07) is 0. The van der Waals surface area contributed by atoms with E-state index in [1.54, 1.807) is 6.20 Å². The van der Waals surface area contributed by atoms with Gasteiger partial charge in [0.05, 0.1) is 12.4 Å². The van der Waals surface area contributed by atoms with Crippen LogP contribution in [0.2, 0.25) is 0 Å². The van der Waals surface area contributed by atoms with Crippen LogP contribution in [0.3, 0.4) is 0 Å². The average molecular weight is 250 g/mol. The van der Waals surface area contributed by atoms with E-state index in [1.165, 1.54) is 19.0 Å². The van der Waals surface area contributed by atoms with Crippen molar-refractivity contribution in [1.29, 1.82) is 0 Å². The van der Waals surface area contributed by atoms with E-state index in [0.717, 1.165) is 19.4 Å². The molecule has 18 heavy (non-hydrogen) atoms. The lowest BCUT2D eigenvalue weighted by molar-refractivity contribution is 0.0947. The molecule has 0 fully saturated rings. The number of carbonyl (C=O) groups is 1. The number of unbranched alkanes of at least 4 members (excludes halogenated alkanes) is 3. The molecule has 2 N–H and O–H groups in total. The second-order valence-electron chi connectivity index (χ2n) is 4.14. The number of carbonyl (C=O) groups excluding carboxylic acids is 1. The second kappa shape index (κ2) is 8.44. The van der Waals surface area contributed by atoms with Crippen molar-refractivity contribution in [3.63, 3.8) is 0 Å². The first-order valence-electron chi connectivity index (χ1n) is 6.62. The summed E-state index contributed by atoms with van der Waals surface area (Å²) < 4.78 is 0. The molecule has 0 saturated heterocycles. The molecule has 1 amide bonds. The molecule has 0 unspecified atom stereocenters. The van der Waals surface area contributed by atoms with Gasteiger partial charge in [-0.25, -0.2) is 4.98 Å². The minimum Gasteiger partial charge on any atom is -0.369 e. The van der Waals surface area contributed by atoms with E-state index in [9.17, 15) is 4.79 Å². The highest BCUT2D eigenvalue weighted by Crippen LogP contribution is 2.02. The smallest absolute Gasteiger partial charge is 0.271 e. The van der Waals surface area contributed by atoms with Crippen molar-refractivity contribution in [1.82, 2.24) is 15.3 Å². The van der Waals surface area contributed by atoms with Gasteiger partial charge in [0.25, 0.3) is 5.91 Å². The first kappa shape index (κ1) is 14.4. The van der Waals surface area contributed by atoms with E-state index in [1.807, 2.05) is 6.92 Å². The Labute approximate surface area is 108 Å². The maximum Gasteiger partial charge on any atom is 0.271 e. The molecule has 0 aliphatic carbocycles. The fourth-order valence-electron chi connectivity index (χ4n) is 1.59. The normalized spacial score (nSPS) is 10.1. The maximum absolute atomic E-state index is 11.8. The lowest BCUT2D eigenvalue weighted by Crippen LogP contribution is -2.25. The third-order valence-corrected chi connectivity index (χ3v) is 2.54. The Kier molecular flexibility index (Phi) is 6.76. The third kappa shape index (κ3) is 5.12. The molecule has 1 rings (SSSR count). The van der Waals surface area contributed by atoms with Gasteiger partial charge in [-0.2, -0.15) is 0 Å². The summed E-state index contributed by atoms with van der Waals surface area (Å²) >= 11 is 0. The van der Waals surface area contributed by atoms with Gasteiger partial charge < -0.3 is 10.6 Å². The number of hydrogen-bond acceptors (Lipinski definition) is 4. The van der Waals surface area contributed by atoms with Crippen molar-refractivity contribution in [2.75, 3.05) is 18.4 Å². The number of hydrogen-bond donors (Lipinski definition) is 2. The Bertz CT molecular complexity index is 368. The Morgan fingerprint density at radius 2 is 2.06 bits per heavy atom. The molecule has 5 heteroatoms. The molecular weight excluding hydrogens is 228 g/mol. The largest absolute Gasteiger partial charge is 0.369 e. The fourth-order valence-corrected chi connectivity index (χ4v) is 1.59. The first-order chi connectivity index (χ1) is 8.77. The van der Waals surface area contributed by atoms with Crippen molar-refractivity contribution >= 4 is 11.7 Å². The molecule has 0 bridgehead atoms. The van der Waals surface area contributed by atoms with Crippen LogP contribution in [0.4, 0.5) is 5.82 Å². The summed E-state index contributed by atoms with van der Waals surface area (Å²) in [4.78, 5) is 20.0. The Morgan fingerprint density at radius 3 is 2.78 bits per heavy atom. The Hall–Kier alpha value is -1.65. The van der Waals surface area contributed by atoms with Gasteiger partial charge >= 0.3 is 0 Å². The molecule has 0 aliphatic rings. The minimum absolute atomic E-state index is 0.154. The van der Waals surface area contributed by atoms with Crippen LogP contribution in [-0.4, -0.2) is 29.0 Å². The summed E-state index contributed by atoms with van der Waals surface area (Å²) in [5.74, 6) is 0.481. The summed E-state index contributed by atoms with van der Waals surface area (Å²) in [7, 11) is 0. The third-order valence-electron chi connectivity index (χ3n) is 2.54. The monoisotopic (exact) mass is 250 g/mol. The van der Waals surface area contributed by atoms with Crippen LogP contribution in [0, 0.1) is 0 Å². The topological polar surface area (TPSA) is 66.9 Å². The molecule has 5 nitrogen and oxygen atoms in total. The number of amides is 1. The van der Waals surface area contributed by atoms with Gasteiger partial charge in [0.15, 0.2) is 0 Å². The van der Waals surface area contributed by atoms with Crippen LogP contribution in [0.1, 0.15) is 50.0 Å². The predicted molar refractivity (Wildman–Crippen MR) is 72.7 cm³/mol. The summed E-state index contributed by atoms with van der Waals surface area (Å²) in [5, 5.41) is 5.89. The van der Waals surface area contributed by atoms with Crippen LogP contribution >= 0.6 is 0 Å². The standard InChI is InChI=1S/C13H22N4O/c1-3-5-6-7-8-16-13(18)11-9-14-10-12(17-11)15-4-2/h9-10H,3-8H2,1-2H3,(H,15,17)(H,16,18). The van der Waals surface area contributed by atoms with Crippen molar-refractivity contribution in [2.45, 2.75) is 39.5 Å². The molecule has 1 heterocycles. The van der Waals surface area contributed by atoms with Gasteiger partial charge in [-0.3, -0.25) is 9.78 Å². The van der Waals surface area contributed by atoms with E-state index in [2.05, 4.69) is 27.5 Å². The first-order valence-corrected chi connectivity index (χ1v) is 6.62. The molecule has 0 aliphatic heterocycles. The Morgan fingerprint density at radius 1 is 1.22 bits per heavy atom. The minimum atomic E-state index is -0.154. The van der Waals surface area contributed by atoms with E-state index in [4.69, 9.17) is 0 Å². The number of aromatic nitrogens is 2. The van der Waals surface area contributed by atoms with Gasteiger partial charge in [0.1, 0.15) is 11.5 Å². The number of nitrogens with zero attached hydrogens (tertiary/aromatic N) is 2. The van der Waals surface area contributed by atoms with Crippen LogP contribution in [0.25, 0.3) is 0 Å². The van der Waals surface area contributed by atoms with E-state index >= 15 is 0 Å². The zero-order chi connectivity index (χ0) is 13.2. The lowest BCUT2D eigenvalue weighted by atomic mass is 10.2. The molecule has 0 radical (unpaired) electrons. The molecule has 100 valence electrons. The molecule has 0 atom stereocenters. The summed E-state index contributed by atoms with van der Waals surface area (Å²) in [6.45, 7) is 5.60. The predicted octanol–water partition coefficient (Wildman–Crippen LogP) is 2.22. The van der Waals surface area contributed by atoms with Gasteiger partial charge in [-0.15, -0.1) is 0 Å². The Balaban J connectivity index is 2.38. The van der Waals surface area contributed by atoms with Crippen LogP contribution in [0.15, 0.2) is 12.4 Å².